The Labute approximate surface area is 143 Å². The Morgan fingerprint density at radius 1 is 0.750 bits per heavy atom. The van der Waals surface area contributed by atoms with Crippen LogP contribution in [0.2, 0.25) is 0 Å². The fourth-order valence-corrected chi connectivity index (χ4v) is 2.93. The molecule has 1 amide bonds. The van der Waals surface area contributed by atoms with Crippen molar-refractivity contribution in [1.29, 1.82) is 0 Å². The highest BCUT2D eigenvalue weighted by molar-refractivity contribution is 5.94. The second-order valence-electron chi connectivity index (χ2n) is 6.11. The second kappa shape index (κ2) is 7.14. The highest BCUT2D eigenvalue weighted by Crippen LogP contribution is 2.31. The maximum Gasteiger partial charge on any atom is 0.251 e. The first kappa shape index (κ1) is 16.0. The largest absolute Gasteiger partial charge is 0.351 e. The van der Waals surface area contributed by atoms with E-state index in [0.29, 0.717) is 12.1 Å². The molecule has 0 fully saturated rings. The van der Waals surface area contributed by atoms with E-state index in [9.17, 15) is 4.79 Å². The van der Waals surface area contributed by atoms with Gasteiger partial charge in [0.1, 0.15) is 0 Å². The molecule has 0 heterocycles. The first-order valence-corrected chi connectivity index (χ1v) is 8.14. The summed E-state index contributed by atoms with van der Waals surface area (Å²) in [7, 11) is 0. The summed E-state index contributed by atoms with van der Waals surface area (Å²) in [5, 5.41) is 3.10. The lowest BCUT2D eigenvalue weighted by molar-refractivity contribution is 0.0947. The molecule has 2 nitrogen and oxygen atoms in total. The molecule has 0 spiro atoms. The topological polar surface area (TPSA) is 29.1 Å². The van der Waals surface area contributed by atoms with Gasteiger partial charge in [-0.3, -0.25) is 4.79 Å². The first-order valence-electron chi connectivity index (χ1n) is 8.14. The van der Waals surface area contributed by atoms with Gasteiger partial charge < -0.3 is 5.32 Å². The number of amides is 1. The summed E-state index contributed by atoms with van der Waals surface area (Å²) in [6.45, 7) is 2.71. The molecule has 0 unspecified atom stereocenters. The molecule has 3 rings (SSSR count). The average molecular weight is 315 g/mol. The monoisotopic (exact) mass is 315 g/mol. The lowest BCUT2D eigenvalue weighted by Crippen LogP contribution is -2.39. The van der Waals surface area contributed by atoms with Gasteiger partial charge in [-0.05, 0) is 30.2 Å². The van der Waals surface area contributed by atoms with Gasteiger partial charge >= 0.3 is 0 Å². The highest BCUT2D eigenvalue weighted by atomic mass is 16.1. The summed E-state index contributed by atoms with van der Waals surface area (Å²) < 4.78 is 0. The summed E-state index contributed by atoms with van der Waals surface area (Å²) in [6, 6.07) is 30.0. The zero-order chi connectivity index (χ0) is 16.8. The summed E-state index contributed by atoms with van der Waals surface area (Å²) in [4.78, 5) is 12.4. The van der Waals surface area contributed by atoms with Crippen molar-refractivity contribution in [2.75, 3.05) is 6.54 Å². The van der Waals surface area contributed by atoms with Crippen LogP contribution in [0, 0.1) is 0 Å². The van der Waals surface area contributed by atoms with Crippen molar-refractivity contribution in [2.24, 2.45) is 0 Å². The zero-order valence-corrected chi connectivity index (χ0v) is 13.8. The zero-order valence-electron chi connectivity index (χ0n) is 13.8. The van der Waals surface area contributed by atoms with E-state index in [2.05, 4.69) is 36.5 Å². The first-order chi connectivity index (χ1) is 11.7. The van der Waals surface area contributed by atoms with Crippen molar-refractivity contribution >= 4 is 5.91 Å². The summed E-state index contributed by atoms with van der Waals surface area (Å²) >= 11 is 0. The van der Waals surface area contributed by atoms with E-state index in [0.717, 1.165) is 0 Å². The molecule has 0 saturated heterocycles. The molecule has 0 bridgehead atoms. The van der Waals surface area contributed by atoms with Gasteiger partial charge in [0.25, 0.3) is 5.91 Å². The standard InChI is InChI=1S/C22H21NO/c1-22(19-13-7-3-8-14-19,20-15-9-4-10-16-20)17-23-21(24)18-11-5-2-6-12-18/h2-16H,17H2,1H3,(H,23,24). The molecule has 0 saturated carbocycles. The van der Waals surface area contributed by atoms with Gasteiger partial charge in [-0.2, -0.15) is 0 Å². The third kappa shape index (κ3) is 3.38. The van der Waals surface area contributed by atoms with E-state index in [1.165, 1.54) is 11.1 Å². The molecular formula is C22H21NO. The number of hydrogen-bond donors (Lipinski definition) is 1. The van der Waals surface area contributed by atoms with Gasteiger partial charge in [-0.25, -0.2) is 0 Å². The third-order valence-electron chi connectivity index (χ3n) is 4.46. The molecule has 24 heavy (non-hydrogen) atoms. The van der Waals surface area contributed by atoms with Crippen LogP contribution in [0.15, 0.2) is 91.0 Å². The predicted molar refractivity (Wildman–Crippen MR) is 98.1 cm³/mol. The number of rotatable bonds is 5. The Balaban J connectivity index is 1.88. The maximum absolute atomic E-state index is 12.4. The molecule has 0 aromatic heterocycles. The fraction of sp³-hybridized carbons (Fsp3) is 0.136. The van der Waals surface area contributed by atoms with Crippen molar-refractivity contribution < 1.29 is 4.79 Å². The Kier molecular flexibility index (Phi) is 4.76. The van der Waals surface area contributed by atoms with Gasteiger partial charge in [-0.1, -0.05) is 78.9 Å². The van der Waals surface area contributed by atoms with Crippen LogP contribution < -0.4 is 5.32 Å². The molecule has 2 heteroatoms. The third-order valence-corrected chi connectivity index (χ3v) is 4.46. The summed E-state index contributed by atoms with van der Waals surface area (Å²) in [5.41, 5.74) is 2.77. The number of benzene rings is 3. The quantitative estimate of drug-likeness (QED) is 0.742. The van der Waals surface area contributed by atoms with Crippen molar-refractivity contribution in [2.45, 2.75) is 12.3 Å². The van der Waals surface area contributed by atoms with Gasteiger partial charge in [0.2, 0.25) is 0 Å². The van der Waals surface area contributed by atoms with Crippen LogP contribution in [0.4, 0.5) is 0 Å². The van der Waals surface area contributed by atoms with Gasteiger partial charge in [-0.15, -0.1) is 0 Å². The molecule has 1 N–H and O–H groups in total. The van der Waals surface area contributed by atoms with E-state index in [1.54, 1.807) is 0 Å². The maximum atomic E-state index is 12.4. The van der Waals surface area contributed by atoms with Gasteiger partial charge in [0.05, 0.1) is 0 Å². The molecular weight excluding hydrogens is 294 g/mol. The van der Waals surface area contributed by atoms with E-state index < -0.39 is 0 Å². The number of hydrogen-bond acceptors (Lipinski definition) is 1. The summed E-state index contributed by atoms with van der Waals surface area (Å²) in [6.07, 6.45) is 0. The fourth-order valence-electron chi connectivity index (χ4n) is 2.93. The molecule has 3 aromatic carbocycles. The minimum absolute atomic E-state index is 0.0475. The Hall–Kier alpha value is -2.87. The van der Waals surface area contributed by atoms with Crippen LogP contribution in [-0.4, -0.2) is 12.5 Å². The molecule has 0 atom stereocenters. The van der Waals surface area contributed by atoms with Crippen LogP contribution in [0.3, 0.4) is 0 Å². The Bertz CT molecular complexity index is 742. The Morgan fingerprint density at radius 3 is 1.62 bits per heavy atom. The van der Waals surface area contributed by atoms with Crippen molar-refractivity contribution in [3.63, 3.8) is 0 Å². The lowest BCUT2D eigenvalue weighted by Gasteiger charge is -2.31. The van der Waals surface area contributed by atoms with Crippen LogP contribution in [0.25, 0.3) is 0 Å². The minimum atomic E-state index is -0.285. The molecule has 0 radical (unpaired) electrons. The molecule has 3 aromatic rings. The number of carbonyl (C=O) groups excluding carboxylic acids is 1. The molecule has 0 aliphatic heterocycles. The molecule has 0 aliphatic rings. The van der Waals surface area contributed by atoms with E-state index in [1.807, 2.05) is 66.7 Å². The minimum Gasteiger partial charge on any atom is -0.351 e. The normalized spacial score (nSPS) is 11.0. The van der Waals surface area contributed by atoms with E-state index >= 15 is 0 Å². The second-order valence-corrected chi connectivity index (χ2v) is 6.11. The number of nitrogens with one attached hydrogen (secondary N) is 1. The van der Waals surface area contributed by atoms with Crippen molar-refractivity contribution in [3.8, 4) is 0 Å². The lowest BCUT2D eigenvalue weighted by atomic mass is 9.76. The SMILES string of the molecule is CC(CNC(=O)c1ccccc1)(c1ccccc1)c1ccccc1. The highest BCUT2D eigenvalue weighted by Gasteiger charge is 2.29. The van der Waals surface area contributed by atoms with Crippen LogP contribution in [0.5, 0.6) is 0 Å². The Morgan fingerprint density at radius 2 is 1.17 bits per heavy atom. The average Bonchev–Trinajstić information content (AvgIpc) is 2.68. The van der Waals surface area contributed by atoms with E-state index in [4.69, 9.17) is 0 Å². The van der Waals surface area contributed by atoms with E-state index in [-0.39, 0.29) is 11.3 Å². The van der Waals surface area contributed by atoms with Crippen LogP contribution in [-0.2, 0) is 5.41 Å². The number of carbonyl (C=O) groups is 1. The van der Waals surface area contributed by atoms with Gasteiger partial charge in [0.15, 0.2) is 0 Å². The van der Waals surface area contributed by atoms with Crippen molar-refractivity contribution in [1.82, 2.24) is 5.32 Å². The van der Waals surface area contributed by atoms with Gasteiger partial charge in [0, 0.05) is 17.5 Å². The smallest absolute Gasteiger partial charge is 0.251 e. The molecule has 0 aliphatic carbocycles. The summed E-state index contributed by atoms with van der Waals surface area (Å²) in [5.74, 6) is -0.0475. The predicted octanol–water partition coefficient (Wildman–Crippen LogP) is 4.42. The molecule has 120 valence electrons. The van der Waals surface area contributed by atoms with Crippen LogP contribution in [0.1, 0.15) is 28.4 Å². The van der Waals surface area contributed by atoms with Crippen LogP contribution >= 0.6 is 0 Å². The van der Waals surface area contributed by atoms with Crippen molar-refractivity contribution in [3.05, 3.63) is 108 Å².